The second-order valence-electron chi connectivity index (χ2n) is 4.54. The summed E-state index contributed by atoms with van der Waals surface area (Å²) in [4.78, 5) is 20.1. The number of imidazole rings is 2. The van der Waals surface area contributed by atoms with E-state index in [0.717, 1.165) is 16.9 Å². The monoisotopic (exact) mass is 277 g/mol. The quantitative estimate of drug-likeness (QED) is 0.544. The van der Waals surface area contributed by atoms with Crippen LogP contribution in [-0.4, -0.2) is 29.5 Å². The number of hydrogen-bond donors (Lipinski definition) is 2. The van der Waals surface area contributed by atoms with E-state index in [-0.39, 0.29) is 0 Å². The fourth-order valence-corrected chi connectivity index (χ4v) is 2.30. The predicted octanol–water partition coefficient (Wildman–Crippen LogP) is 1.79. The molecule has 0 amide bonds. The highest BCUT2D eigenvalue weighted by Crippen LogP contribution is 2.24. The molecular formula is C14H11N7. The maximum absolute atomic E-state index is 5.85. The first-order valence-electron chi connectivity index (χ1n) is 6.36. The minimum absolute atomic E-state index is 0.618. The molecule has 3 N–H and O–H groups in total. The highest BCUT2D eigenvalue weighted by molar-refractivity contribution is 5.79. The van der Waals surface area contributed by atoms with Crippen molar-refractivity contribution < 1.29 is 0 Å². The predicted molar refractivity (Wildman–Crippen MR) is 78.7 cm³/mol. The Labute approximate surface area is 119 Å². The molecule has 102 valence electrons. The van der Waals surface area contributed by atoms with Gasteiger partial charge in [0.25, 0.3) is 0 Å². The van der Waals surface area contributed by atoms with E-state index in [1.807, 2.05) is 35.0 Å². The molecule has 0 aliphatic heterocycles. The van der Waals surface area contributed by atoms with Gasteiger partial charge in [0.2, 0.25) is 0 Å². The highest BCUT2D eigenvalue weighted by atomic mass is 15.2. The molecule has 3 heterocycles. The molecule has 3 aromatic heterocycles. The molecule has 0 fully saturated rings. The normalized spacial score (nSPS) is 11.0. The Morgan fingerprint density at radius 2 is 2.05 bits per heavy atom. The van der Waals surface area contributed by atoms with Crippen molar-refractivity contribution in [1.29, 1.82) is 0 Å². The van der Waals surface area contributed by atoms with Gasteiger partial charge in [-0.15, -0.1) is 0 Å². The van der Waals surface area contributed by atoms with Crippen LogP contribution in [0.2, 0.25) is 0 Å². The molecule has 0 spiro atoms. The largest absolute Gasteiger partial charge is 0.399 e. The van der Waals surface area contributed by atoms with E-state index < -0.39 is 0 Å². The summed E-state index contributed by atoms with van der Waals surface area (Å²) in [6.45, 7) is 0. The van der Waals surface area contributed by atoms with Crippen molar-refractivity contribution in [1.82, 2.24) is 29.5 Å². The third-order valence-corrected chi connectivity index (χ3v) is 3.22. The first-order chi connectivity index (χ1) is 10.3. The van der Waals surface area contributed by atoms with Gasteiger partial charge in [-0.3, -0.25) is 4.57 Å². The van der Waals surface area contributed by atoms with E-state index in [9.17, 15) is 0 Å². The molecule has 0 bridgehead atoms. The van der Waals surface area contributed by atoms with Crippen molar-refractivity contribution >= 4 is 16.9 Å². The van der Waals surface area contributed by atoms with Gasteiger partial charge < -0.3 is 10.7 Å². The fraction of sp³-hybridized carbons (Fsp3) is 0. The number of anilines is 1. The Morgan fingerprint density at radius 1 is 1.10 bits per heavy atom. The van der Waals surface area contributed by atoms with Crippen molar-refractivity contribution in [3.05, 3.63) is 49.3 Å². The topological polar surface area (TPSA) is 98.3 Å². The molecule has 0 radical (unpaired) electrons. The Hall–Kier alpha value is -3.22. The van der Waals surface area contributed by atoms with Crippen LogP contribution in [0.25, 0.3) is 28.4 Å². The molecule has 0 unspecified atom stereocenters. The maximum Gasteiger partial charge on any atom is 0.182 e. The summed E-state index contributed by atoms with van der Waals surface area (Å²) in [5.41, 5.74) is 8.84. The van der Waals surface area contributed by atoms with Crippen molar-refractivity contribution in [2.75, 3.05) is 5.73 Å². The minimum Gasteiger partial charge on any atom is -0.399 e. The molecule has 7 heteroatoms. The van der Waals surface area contributed by atoms with Crippen LogP contribution in [0.15, 0.2) is 49.3 Å². The van der Waals surface area contributed by atoms with Crippen LogP contribution in [0, 0.1) is 0 Å². The molecule has 0 aliphatic rings. The zero-order chi connectivity index (χ0) is 14.2. The molecular weight excluding hydrogens is 266 g/mol. The Morgan fingerprint density at radius 3 is 2.95 bits per heavy atom. The summed E-state index contributed by atoms with van der Waals surface area (Å²) >= 11 is 0. The molecule has 4 aromatic rings. The first-order valence-corrected chi connectivity index (χ1v) is 6.36. The minimum atomic E-state index is 0.618. The summed E-state index contributed by atoms with van der Waals surface area (Å²) < 4.78 is 1.89. The summed E-state index contributed by atoms with van der Waals surface area (Å²) in [5.74, 6) is 1.46. The molecule has 0 saturated heterocycles. The second kappa shape index (κ2) is 4.41. The number of rotatable bonds is 2. The molecule has 0 aliphatic carbocycles. The lowest BCUT2D eigenvalue weighted by Crippen LogP contribution is -2.01. The third kappa shape index (κ3) is 1.83. The van der Waals surface area contributed by atoms with Crippen LogP contribution in [0.3, 0.4) is 0 Å². The van der Waals surface area contributed by atoms with Gasteiger partial charge >= 0.3 is 0 Å². The molecule has 21 heavy (non-hydrogen) atoms. The van der Waals surface area contributed by atoms with E-state index in [2.05, 4.69) is 24.9 Å². The number of benzene rings is 1. The van der Waals surface area contributed by atoms with E-state index in [1.165, 1.54) is 6.33 Å². The average Bonchev–Trinajstić information content (AvgIpc) is 3.16. The number of aromatic nitrogens is 6. The highest BCUT2D eigenvalue weighted by Gasteiger charge is 2.13. The van der Waals surface area contributed by atoms with E-state index in [0.29, 0.717) is 17.2 Å². The average molecular weight is 277 g/mol. The fourth-order valence-electron chi connectivity index (χ4n) is 2.30. The Balaban J connectivity index is 1.95. The number of nitrogens with zero attached hydrogens (tertiary/aromatic N) is 5. The second-order valence-corrected chi connectivity index (χ2v) is 4.54. The first kappa shape index (κ1) is 11.6. The molecule has 1 aromatic carbocycles. The summed E-state index contributed by atoms with van der Waals surface area (Å²) in [7, 11) is 0. The molecule has 0 atom stereocenters. The SMILES string of the molecule is Nc1cccc(-c2nccn2-c2ncnc3nc[nH]c23)c1. The number of nitrogen functional groups attached to an aromatic ring is 1. The maximum atomic E-state index is 5.85. The summed E-state index contributed by atoms with van der Waals surface area (Å²) in [5, 5.41) is 0. The summed E-state index contributed by atoms with van der Waals surface area (Å²) in [6.07, 6.45) is 6.66. The van der Waals surface area contributed by atoms with Gasteiger partial charge in [0, 0.05) is 23.6 Å². The zero-order valence-electron chi connectivity index (χ0n) is 10.9. The number of nitrogens with two attached hydrogens (primary N) is 1. The Kier molecular flexibility index (Phi) is 2.43. The van der Waals surface area contributed by atoms with Crippen LogP contribution in [-0.2, 0) is 0 Å². The smallest absolute Gasteiger partial charge is 0.182 e. The van der Waals surface area contributed by atoms with Crippen molar-refractivity contribution in [3.63, 3.8) is 0 Å². The molecule has 7 nitrogen and oxygen atoms in total. The lowest BCUT2D eigenvalue weighted by molar-refractivity contribution is 0.996. The van der Waals surface area contributed by atoms with Crippen LogP contribution >= 0.6 is 0 Å². The number of fused-ring (bicyclic) bond motifs is 1. The Bertz CT molecular complexity index is 922. The van der Waals surface area contributed by atoms with Crippen LogP contribution in [0.1, 0.15) is 0 Å². The third-order valence-electron chi connectivity index (χ3n) is 3.22. The van der Waals surface area contributed by atoms with Crippen LogP contribution < -0.4 is 5.73 Å². The molecule has 0 saturated carbocycles. The molecule has 4 rings (SSSR count). The van der Waals surface area contributed by atoms with Gasteiger partial charge in [-0.05, 0) is 12.1 Å². The van der Waals surface area contributed by atoms with Crippen LogP contribution in [0.4, 0.5) is 5.69 Å². The number of nitrogens with one attached hydrogen (secondary N) is 1. The number of H-pyrrole nitrogens is 1. The van der Waals surface area contributed by atoms with E-state index >= 15 is 0 Å². The standard InChI is InChI=1S/C14H11N7/c15-10-3-1-2-9(6-10)13-16-4-5-21(13)14-11-12(18-7-17-11)19-8-20-14/h1-8H,15H2,(H,17,18,19,20). The van der Waals surface area contributed by atoms with Gasteiger partial charge in [0.15, 0.2) is 11.5 Å². The zero-order valence-corrected chi connectivity index (χ0v) is 10.9. The van der Waals surface area contributed by atoms with Crippen molar-refractivity contribution in [3.8, 4) is 17.2 Å². The van der Waals surface area contributed by atoms with Crippen molar-refractivity contribution in [2.45, 2.75) is 0 Å². The lowest BCUT2D eigenvalue weighted by Gasteiger charge is -2.08. The lowest BCUT2D eigenvalue weighted by atomic mass is 10.2. The van der Waals surface area contributed by atoms with Gasteiger partial charge in [-0.25, -0.2) is 19.9 Å². The van der Waals surface area contributed by atoms with Crippen molar-refractivity contribution in [2.24, 2.45) is 0 Å². The summed E-state index contributed by atoms with van der Waals surface area (Å²) in [6, 6.07) is 7.58. The van der Waals surface area contributed by atoms with Gasteiger partial charge in [0.1, 0.15) is 17.7 Å². The van der Waals surface area contributed by atoms with Gasteiger partial charge in [-0.2, -0.15) is 0 Å². The number of hydrogen-bond acceptors (Lipinski definition) is 5. The van der Waals surface area contributed by atoms with E-state index in [4.69, 9.17) is 5.73 Å². The van der Waals surface area contributed by atoms with E-state index in [1.54, 1.807) is 12.5 Å². The van der Waals surface area contributed by atoms with Gasteiger partial charge in [-0.1, -0.05) is 12.1 Å². The number of aromatic amines is 1. The van der Waals surface area contributed by atoms with Crippen LogP contribution in [0.5, 0.6) is 0 Å². The van der Waals surface area contributed by atoms with Gasteiger partial charge in [0.05, 0.1) is 6.33 Å².